The molecule has 1 heterocycles. The van der Waals surface area contributed by atoms with E-state index in [1.807, 2.05) is 43.3 Å². The average Bonchev–Trinajstić information content (AvgIpc) is 3.15. The summed E-state index contributed by atoms with van der Waals surface area (Å²) in [4.78, 5) is 31.5. The number of ether oxygens (including phenoxy) is 3. The third kappa shape index (κ3) is 6.40. The maximum Gasteiger partial charge on any atom is 0.338 e. The Hall–Kier alpha value is -4.04. The predicted octanol–water partition coefficient (Wildman–Crippen LogP) is 5.99. The summed E-state index contributed by atoms with van der Waals surface area (Å²) in [6, 6.07) is 20.5. The van der Waals surface area contributed by atoms with Crippen LogP contribution in [-0.2, 0) is 16.1 Å². The molecule has 0 radical (unpaired) electrons. The monoisotopic (exact) mass is 516 g/mol. The standard InChI is InChI=1S/C29H28N2O5S/c1-5-35-28(33)22-10-7-11-23(17-22)30-29-31(3)27(32)26(37-29)16-20-12-13-24(25(15-20)34-4)36-18-21-9-6-8-19(2)14-21/h6-17H,5,18H2,1-4H3. The molecule has 0 aliphatic carbocycles. The van der Waals surface area contributed by atoms with E-state index in [-0.39, 0.29) is 5.91 Å². The number of rotatable bonds is 8. The van der Waals surface area contributed by atoms with Crippen LogP contribution >= 0.6 is 11.8 Å². The Morgan fingerprint density at radius 2 is 1.86 bits per heavy atom. The summed E-state index contributed by atoms with van der Waals surface area (Å²) in [5.74, 6) is 0.630. The number of aryl methyl sites for hydroxylation is 1. The van der Waals surface area contributed by atoms with E-state index in [4.69, 9.17) is 14.2 Å². The first-order chi connectivity index (χ1) is 17.9. The highest BCUT2D eigenvalue weighted by Gasteiger charge is 2.30. The van der Waals surface area contributed by atoms with E-state index in [9.17, 15) is 9.59 Å². The van der Waals surface area contributed by atoms with Crippen molar-refractivity contribution >= 4 is 40.6 Å². The largest absolute Gasteiger partial charge is 0.493 e. The van der Waals surface area contributed by atoms with Gasteiger partial charge in [0.15, 0.2) is 16.7 Å². The van der Waals surface area contributed by atoms with Gasteiger partial charge in [-0.05, 0) is 73.1 Å². The van der Waals surface area contributed by atoms with Crippen LogP contribution in [0.5, 0.6) is 11.5 Å². The van der Waals surface area contributed by atoms with Gasteiger partial charge >= 0.3 is 5.97 Å². The van der Waals surface area contributed by atoms with Crippen LogP contribution in [0.15, 0.2) is 76.6 Å². The number of esters is 1. The van der Waals surface area contributed by atoms with Crippen LogP contribution in [0.3, 0.4) is 0 Å². The molecule has 0 aromatic heterocycles. The topological polar surface area (TPSA) is 77.4 Å². The van der Waals surface area contributed by atoms with Crippen molar-refractivity contribution in [2.24, 2.45) is 4.99 Å². The lowest BCUT2D eigenvalue weighted by molar-refractivity contribution is -0.121. The molecule has 190 valence electrons. The molecular weight excluding hydrogens is 488 g/mol. The summed E-state index contributed by atoms with van der Waals surface area (Å²) >= 11 is 1.27. The van der Waals surface area contributed by atoms with E-state index in [0.717, 1.165) is 11.1 Å². The number of amidine groups is 1. The van der Waals surface area contributed by atoms with Gasteiger partial charge in [-0.15, -0.1) is 0 Å². The van der Waals surface area contributed by atoms with Crippen molar-refractivity contribution in [1.82, 2.24) is 4.90 Å². The van der Waals surface area contributed by atoms with Crippen molar-refractivity contribution in [3.05, 3.63) is 93.9 Å². The van der Waals surface area contributed by atoms with Gasteiger partial charge in [0.25, 0.3) is 5.91 Å². The van der Waals surface area contributed by atoms with Crippen molar-refractivity contribution in [2.45, 2.75) is 20.5 Å². The smallest absolute Gasteiger partial charge is 0.338 e. The second-order valence-electron chi connectivity index (χ2n) is 8.33. The van der Waals surface area contributed by atoms with E-state index < -0.39 is 5.97 Å². The second kappa shape index (κ2) is 11.8. The SMILES string of the molecule is CCOC(=O)c1cccc(N=C2SC(=Cc3ccc(OCc4cccc(C)c4)c(OC)c3)C(=O)N2C)c1. The molecule has 8 heteroatoms. The molecule has 1 aliphatic heterocycles. The Morgan fingerprint density at radius 3 is 2.62 bits per heavy atom. The van der Waals surface area contributed by atoms with Crippen molar-refractivity contribution in [3.63, 3.8) is 0 Å². The summed E-state index contributed by atoms with van der Waals surface area (Å²) in [5, 5.41) is 0.516. The number of benzene rings is 3. The summed E-state index contributed by atoms with van der Waals surface area (Å²) in [6.45, 7) is 4.52. The third-order valence-corrected chi connectivity index (χ3v) is 6.61. The summed E-state index contributed by atoms with van der Waals surface area (Å²) < 4.78 is 16.6. The van der Waals surface area contributed by atoms with Crippen LogP contribution in [0.4, 0.5) is 5.69 Å². The fourth-order valence-corrected chi connectivity index (χ4v) is 4.67. The number of hydrogen-bond acceptors (Lipinski definition) is 7. The molecule has 0 unspecified atom stereocenters. The maximum absolute atomic E-state index is 12.9. The summed E-state index contributed by atoms with van der Waals surface area (Å²) in [7, 11) is 3.26. The zero-order valence-electron chi connectivity index (χ0n) is 21.2. The number of nitrogens with zero attached hydrogens (tertiary/aromatic N) is 2. The normalized spacial score (nSPS) is 15.4. The predicted molar refractivity (Wildman–Crippen MR) is 146 cm³/mol. The molecular formula is C29H28N2O5S. The van der Waals surface area contributed by atoms with Gasteiger partial charge < -0.3 is 14.2 Å². The Morgan fingerprint density at radius 1 is 1.05 bits per heavy atom. The Labute approximate surface area is 220 Å². The van der Waals surface area contributed by atoms with Crippen molar-refractivity contribution < 1.29 is 23.8 Å². The number of methoxy groups -OCH3 is 1. The highest BCUT2D eigenvalue weighted by atomic mass is 32.2. The lowest BCUT2D eigenvalue weighted by atomic mass is 10.1. The Bertz CT molecular complexity index is 1380. The molecule has 0 atom stereocenters. The molecule has 0 bridgehead atoms. The number of hydrogen-bond donors (Lipinski definition) is 0. The van der Waals surface area contributed by atoms with Crippen molar-refractivity contribution in [3.8, 4) is 11.5 Å². The minimum atomic E-state index is -0.408. The molecule has 7 nitrogen and oxygen atoms in total. The number of carbonyl (C=O) groups is 2. The lowest BCUT2D eigenvalue weighted by Gasteiger charge is -2.12. The zero-order valence-corrected chi connectivity index (χ0v) is 22.0. The second-order valence-corrected chi connectivity index (χ2v) is 9.34. The molecule has 4 rings (SSSR count). The number of carbonyl (C=O) groups excluding carboxylic acids is 2. The third-order valence-electron chi connectivity index (χ3n) is 5.55. The van der Waals surface area contributed by atoms with Crippen molar-refractivity contribution in [1.29, 1.82) is 0 Å². The van der Waals surface area contributed by atoms with Gasteiger partial charge in [-0.3, -0.25) is 9.69 Å². The number of thioether (sulfide) groups is 1. The molecule has 1 saturated heterocycles. The first-order valence-corrected chi connectivity index (χ1v) is 12.6. The number of aliphatic imine (C=N–C) groups is 1. The van der Waals surface area contributed by atoms with E-state index in [1.165, 1.54) is 22.2 Å². The van der Waals surface area contributed by atoms with E-state index in [1.54, 1.807) is 51.4 Å². The van der Waals surface area contributed by atoms with Crippen LogP contribution in [0.1, 0.15) is 34.0 Å². The number of amides is 1. The van der Waals surface area contributed by atoms with E-state index in [2.05, 4.69) is 11.1 Å². The molecule has 1 amide bonds. The molecule has 0 spiro atoms. The van der Waals surface area contributed by atoms with Crippen LogP contribution in [0.25, 0.3) is 6.08 Å². The molecule has 37 heavy (non-hydrogen) atoms. The van der Waals surface area contributed by atoms with Crippen LogP contribution in [0.2, 0.25) is 0 Å². The van der Waals surface area contributed by atoms with Crippen LogP contribution < -0.4 is 9.47 Å². The summed E-state index contributed by atoms with van der Waals surface area (Å²) in [6.07, 6.45) is 1.80. The molecule has 0 saturated carbocycles. The first kappa shape index (κ1) is 26.0. The van der Waals surface area contributed by atoms with Gasteiger partial charge in [-0.2, -0.15) is 0 Å². The van der Waals surface area contributed by atoms with E-state index >= 15 is 0 Å². The zero-order chi connectivity index (χ0) is 26.4. The Balaban J connectivity index is 1.51. The molecule has 1 fully saturated rings. The minimum absolute atomic E-state index is 0.163. The fourth-order valence-electron chi connectivity index (χ4n) is 3.69. The number of likely N-dealkylation sites (N-methyl/N-ethyl adjacent to an activating group) is 1. The van der Waals surface area contributed by atoms with Gasteiger partial charge in [-0.25, -0.2) is 9.79 Å². The first-order valence-electron chi connectivity index (χ1n) is 11.8. The highest BCUT2D eigenvalue weighted by Crippen LogP contribution is 2.35. The molecule has 3 aromatic carbocycles. The van der Waals surface area contributed by atoms with Gasteiger partial charge in [0.2, 0.25) is 0 Å². The van der Waals surface area contributed by atoms with Gasteiger partial charge in [0.1, 0.15) is 6.61 Å². The minimum Gasteiger partial charge on any atom is -0.493 e. The average molecular weight is 517 g/mol. The maximum atomic E-state index is 12.9. The fraction of sp³-hybridized carbons (Fsp3) is 0.207. The molecule has 1 aliphatic rings. The lowest BCUT2D eigenvalue weighted by Crippen LogP contribution is -2.23. The quantitative estimate of drug-likeness (QED) is 0.270. The van der Waals surface area contributed by atoms with Crippen LogP contribution in [-0.4, -0.2) is 42.7 Å². The van der Waals surface area contributed by atoms with Gasteiger partial charge in [0.05, 0.1) is 29.9 Å². The van der Waals surface area contributed by atoms with Gasteiger partial charge in [-0.1, -0.05) is 42.0 Å². The Kier molecular flexibility index (Phi) is 8.30. The van der Waals surface area contributed by atoms with Crippen LogP contribution in [0, 0.1) is 6.92 Å². The highest BCUT2D eigenvalue weighted by molar-refractivity contribution is 8.18. The van der Waals surface area contributed by atoms with E-state index in [0.29, 0.717) is 46.0 Å². The summed E-state index contributed by atoms with van der Waals surface area (Å²) in [5.41, 5.74) is 4.02. The molecule has 0 N–H and O–H groups in total. The van der Waals surface area contributed by atoms with Gasteiger partial charge in [0, 0.05) is 7.05 Å². The van der Waals surface area contributed by atoms with Crippen molar-refractivity contribution in [2.75, 3.05) is 20.8 Å². The molecule has 3 aromatic rings.